The van der Waals surface area contributed by atoms with Gasteiger partial charge in [-0.15, -0.1) is 0 Å². The molecule has 35 heavy (non-hydrogen) atoms. The number of amides is 3. The van der Waals surface area contributed by atoms with E-state index in [4.69, 9.17) is 26.5 Å². The third kappa shape index (κ3) is 5.56. The Morgan fingerprint density at radius 2 is 2.00 bits per heavy atom. The van der Waals surface area contributed by atoms with Gasteiger partial charge in [-0.2, -0.15) is 0 Å². The Hall–Kier alpha value is -4.02. The molecule has 3 amide bonds. The molecule has 1 aliphatic heterocycles. The molecule has 3 aromatic rings. The van der Waals surface area contributed by atoms with Crippen molar-refractivity contribution >= 4 is 63.7 Å². The number of nitrogens with zero attached hydrogens (tertiary/aromatic N) is 2. The lowest BCUT2D eigenvalue weighted by molar-refractivity contribution is -0.114. The summed E-state index contributed by atoms with van der Waals surface area (Å²) in [7, 11) is 1.49. The smallest absolute Gasteiger partial charge is 0.283 e. The van der Waals surface area contributed by atoms with Gasteiger partial charge in [0.2, 0.25) is 11.8 Å². The van der Waals surface area contributed by atoms with Crippen molar-refractivity contribution in [1.82, 2.24) is 0 Å². The zero-order valence-corrected chi connectivity index (χ0v) is 19.9. The zero-order chi connectivity index (χ0) is 24.9. The summed E-state index contributed by atoms with van der Waals surface area (Å²) in [5.74, 6) is -0.382. The van der Waals surface area contributed by atoms with Gasteiger partial charge < -0.3 is 20.2 Å². The highest BCUT2D eigenvalue weighted by Crippen LogP contribution is 2.34. The fourth-order valence-electron chi connectivity index (χ4n) is 3.17. The van der Waals surface area contributed by atoms with E-state index < -0.39 is 11.8 Å². The van der Waals surface area contributed by atoms with Crippen molar-refractivity contribution < 1.29 is 23.5 Å². The van der Waals surface area contributed by atoms with E-state index in [0.29, 0.717) is 38.6 Å². The highest BCUT2D eigenvalue weighted by molar-refractivity contribution is 8.14. The van der Waals surface area contributed by atoms with Gasteiger partial charge >= 0.3 is 0 Å². The molecule has 0 saturated carbocycles. The Kier molecular flexibility index (Phi) is 7.23. The number of halogens is 1. The van der Waals surface area contributed by atoms with Crippen LogP contribution >= 0.6 is 23.4 Å². The molecule has 9 nitrogen and oxygen atoms in total. The number of nitrogens with one attached hydrogen (secondary N) is 1. The van der Waals surface area contributed by atoms with Gasteiger partial charge in [0.05, 0.1) is 29.8 Å². The summed E-state index contributed by atoms with van der Waals surface area (Å²) in [6.07, 6.45) is 3.01. The van der Waals surface area contributed by atoms with Crippen LogP contribution < -0.4 is 20.7 Å². The lowest BCUT2D eigenvalue weighted by Crippen LogP contribution is -2.31. The summed E-state index contributed by atoms with van der Waals surface area (Å²) in [5.41, 5.74) is 6.69. The van der Waals surface area contributed by atoms with Crippen LogP contribution in [0.15, 0.2) is 76.0 Å². The van der Waals surface area contributed by atoms with Crippen LogP contribution in [0, 0.1) is 0 Å². The number of nitrogens with two attached hydrogens (primary N) is 1. The normalized spacial score (nSPS) is 14.2. The number of furan rings is 1. The first kappa shape index (κ1) is 24.1. The lowest BCUT2D eigenvalue weighted by atomic mass is 10.2. The highest BCUT2D eigenvalue weighted by Gasteiger charge is 2.33. The minimum atomic E-state index is -0.556. The quantitative estimate of drug-likeness (QED) is 0.459. The molecule has 0 fully saturated rings. The fraction of sp³-hybridized carbons (Fsp3) is 0.0833. The number of hydrogen-bond acceptors (Lipinski definition) is 7. The molecular weight excluding hydrogens is 492 g/mol. The third-order valence-corrected chi connectivity index (χ3v) is 6.06. The van der Waals surface area contributed by atoms with Gasteiger partial charge in [-0.3, -0.25) is 19.3 Å². The van der Waals surface area contributed by atoms with E-state index in [1.54, 1.807) is 42.5 Å². The second-order valence-electron chi connectivity index (χ2n) is 7.18. The van der Waals surface area contributed by atoms with E-state index >= 15 is 0 Å². The number of carbonyl (C=O) groups excluding carboxylic acids is 3. The monoisotopic (exact) mass is 510 g/mol. The average Bonchev–Trinajstić information content (AvgIpc) is 3.46. The SMILES string of the molecule is COc1ccc(N2C(=O)C(=Cc3ccco3)N=C2SCC(=O)Nc2ccc(C(N)=O)cc2)cc1Cl. The molecule has 3 N–H and O–H groups in total. The van der Waals surface area contributed by atoms with E-state index in [-0.39, 0.29) is 17.4 Å². The van der Waals surface area contributed by atoms with Crippen molar-refractivity contribution in [3.8, 4) is 5.75 Å². The van der Waals surface area contributed by atoms with Crippen LogP contribution in [0.25, 0.3) is 6.08 Å². The van der Waals surface area contributed by atoms with Gasteiger partial charge in [-0.05, 0) is 54.6 Å². The number of benzene rings is 2. The Labute approximate surface area is 209 Å². The van der Waals surface area contributed by atoms with Gasteiger partial charge in [-0.25, -0.2) is 4.99 Å². The summed E-state index contributed by atoms with van der Waals surface area (Å²) in [6, 6.07) is 14.5. The van der Waals surface area contributed by atoms with Crippen molar-refractivity contribution in [3.05, 3.63) is 82.9 Å². The summed E-state index contributed by atoms with van der Waals surface area (Å²) in [5, 5.41) is 3.35. The second kappa shape index (κ2) is 10.5. The molecule has 11 heteroatoms. The molecule has 2 aromatic carbocycles. The third-order valence-electron chi connectivity index (χ3n) is 4.83. The van der Waals surface area contributed by atoms with Gasteiger partial charge in [0.1, 0.15) is 17.2 Å². The van der Waals surface area contributed by atoms with Crippen molar-refractivity contribution in [2.24, 2.45) is 10.7 Å². The van der Waals surface area contributed by atoms with Gasteiger partial charge in [0, 0.05) is 17.3 Å². The number of primary amides is 1. The van der Waals surface area contributed by atoms with Crippen molar-refractivity contribution in [3.63, 3.8) is 0 Å². The summed E-state index contributed by atoms with van der Waals surface area (Å²) >= 11 is 7.35. The van der Waals surface area contributed by atoms with Crippen LogP contribution in [0.5, 0.6) is 5.75 Å². The number of thioether (sulfide) groups is 1. The van der Waals surface area contributed by atoms with Crippen molar-refractivity contribution in [2.75, 3.05) is 23.1 Å². The maximum absolute atomic E-state index is 13.2. The average molecular weight is 511 g/mol. The standard InChI is InChI=1S/C24H19ClN4O5S/c1-33-20-9-8-16(11-18(20)25)29-23(32)19(12-17-3-2-10-34-17)28-24(29)35-13-21(30)27-15-6-4-14(5-7-15)22(26)31/h2-12H,13H2,1H3,(H2,26,31)(H,27,30). The number of aliphatic imine (C=N–C) groups is 1. The van der Waals surface area contributed by atoms with Crippen LogP contribution in [0.2, 0.25) is 5.02 Å². The Morgan fingerprint density at radius 3 is 2.63 bits per heavy atom. The molecule has 1 aromatic heterocycles. The molecule has 0 bridgehead atoms. The maximum atomic E-state index is 13.2. The molecule has 4 rings (SSSR count). The number of carbonyl (C=O) groups is 3. The molecule has 0 unspecified atom stereocenters. The molecule has 0 aliphatic carbocycles. The Morgan fingerprint density at radius 1 is 1.23 bits per heavy atom. The van der Waals surface area contributed by atoms with Gasteiger partial charge in [0.15, 0.2) is 5.17 Å². The minimum absolute atomic E-state index is 0.0297. The Bertz CT molecular complexity index is 1340. The zero-order valence-electron chi connectivity index (χ0n) is 18.4. The molecule has 0 atom stereocenters. The van der Waals surface area contributed by atoms with Crippen LogP contribution in [-0.2, 0) is 9.59 Å². The van der Waals surface area contributed by atoms with E-state index in [1.807, 2.05) is 0 Å². The predicted molar refractivity (Wildman–Crippen MR) is 136 cm³/mol. The number of anilines is 2. The van der Waals surface area contributed by atoms with E-state index in [2.05, 4.69) is 10.3 Å². The first-order valence-corrected chi connectivity index (χ1v) is 11.6. The molecule has 0 radical (unpaired) electrons. The van der Waals surface area contributed by atoms with Crippen molar-refractivity contribution in [1.29, 1.82) is 0 Å². The summed E-state index contributed by atoms with van der Waals surface area (Å²) in [6.45, 7) is 0. The summed E-state index contributed by atoms with van der Waals surface area (Å²) in [4.78, 5) is 42.8. The highest BCUT2D eigenvalue weighted by atomic mass is 35.5. The maximum Gasteiger partial charge on any atom is 0.283 e. The second-order valence-corrected chi connectivity index (χ2v) is 8.53. The predicted octanol–water partition coefficient (Wildman–Crippen LogP) is 4.16. The number of methoxy groups -OCH3 is 1. The fourth-order valence-corrected chi connectivity index (χ4v) is 4.23. The first-order chi connectivity index (χ1) is 16.9. The van der Waals surface area contributed by atoms with Gasteiger partial charge in [-0.1, -0.05) is 23.4 Å². The van der Waals surface area contributed by atoms with Crippen LogP contribution in [0.1, 0.15) is 16.1 Å². The van der Waals surface area contributed by atoms with E-state index in [9.17, 15) is 14.4 Å². The number of hydrogen-bond donors (Lipinski definition) is 2. The molecule has 0 saturated heterocycles. The van der Waals surface area contributed by atoms with Crippen LogP contribution in [-0.4, -0.2) is 35.8 Å². The Balaban J connectivity index is 1.54. The topological polar surface area (TPSA) is 127 Å². The number of ether oxygens (including phenoxy) is 1. The first-order valence-electron chi connectivity index (χ1n) is 10.2. The van der Waals surface area contributed by atoms with E-state index in [0.717, 1.165) is 11.8 Å². The number of rotatable bonds is 7. The molecule has 178 valence electrons. The summed E-state index contributed by atoms with van der Waals surface area (Å²) < 4.78 is 10.5. The largest absolute Gasteiger partial charge is 0.495 e. The molecule has 0 spiro atoms. The molecule has 2 heterocycles. The minimum Gasteiger partial charge on any atom is -0.495 e. The lowest BCUT2D eigenvalue weighted by Gasteiger charge is -2.18. The van der Waals surface area contributed by atoms with Crippen molar-refractivity contribution in [2.45, 2.75) is 0 Å². The number of amidine groups is 1. The van der Waals surface area contributed by atoms with E-state index in [1.165, 1.54) is 36.5 Å². The molecule has 1 aliphatic rings. The molecular formula is C24H19ClN4O5S. The van der Waals surface area contributed by atoms with Crippen LogP contribution in [0.3, 0.4) is 0 Å². The van der Waals surface area contributed by atoms with Crippen LogP contribution in [0.4, 0.5) is 11.4 Å². The van der Waals surface area contributed by atoms with Gasteiger partial charge in [0.25, 0.3) is 5.91 Å².